The second kappa shape index (κ2) is 9.69. The first kappa shape index (κ1) is 22.9. The predicted octanol–water partition coefficient (Wildman–Crippen LogP) is 3.53. The normalized spacial score (nSPS) is 16.3. The number of benzene rings is 2. The number of nitrogens with one attached hydrogen (secondary N) is 1. The summed E-state index contributed by atoms with van der Waals surface area (Å²) in [4.78, 5) is 19.2. The van der Waals surface area contributed by atoms with Crippen molar-refractivity contribution in [2.24, 2.45) is 0 Å². The maximum Gasteiger partial charge on any atom is 0.241 e. The lowest BCUT2D eigenvalue weighted by Crippen LogP contribution is -2.41. The first-order valence-corrected chi connectivity index (χ1v) is 12.6. The Kier molecular flexibility index (Phi) is 6.72. The van der Waals surface area contributed by atoms with Gasteiger partial charge in [-0.1, -0.05) is 31.5 Å². The molecule has 1 aromatic heterocycles. The molecule has 0 spiro atoms. The molecule has 8 heteroatoms. The lowest BCUT2D eigenvalue weighted by Gasteiger charge is -2.17. The van der Waals surface area contributed by atoms with E-state index in [2.05, 4.69) is 22.7 Å². The van der Waals surface area contributed by atoms with E-state index in [-0.39, 0.29) is 10.8 Å². The standard InChI is InChI=1S/C25H26N4O3S/c1-2-3-7-21-9-8-20-15-22(10-11-23(20)27-21)33(31,32)28-24-12-13-29(25(24)30)17-19-6-4-5-18(14-19)16-26/h4-6,8-11,14-15,24,28H,2-3,7,12-13,17H2,1H3/t24-/m0/s1. The number of hydrogen-bond acceptors (Lipinski definition) is 5. The molecule has 1 aliphatic heterocycles. The van der Waals surface area contributed by atoms with Crippen LogP contribution in [0.2, 0.25) is 0 Å². The fraction of sp³-hybridized carbons (Fsp3) is 0.320. The summed E-state index contributed by atoms with van der Waals surface area (Å²) in [5.74, 6) is -0.260. The number of likely N-dealkylation sites (tertiary alicyclic amines) is 1. The number of hydrogen-bond donors (Lipinski definition) is 1. The molecular weight excluding hydrogens is 436 g/mol. The predicted molar refractivity (Wildman–Crippen MR) is 126 cm³/mol. The number of rotatable bonds is 8. The van der Waals surface area contributed by atoms with Gasteiger partial charge in [-0.25, -0.2) is 8.42 Å². The van der Waals surface area contributed by atoms with Crippen LogP contribution in [0.3, 0.4) is 0 Å². The molecule has 0 unspecified atom stereocenters. The number of carbonyl (C=O) groups excluding carboxylic acids is 1. The van der Waals surface area contributed by atoms with Crippen LogP contribution in [-0.2, 0) is 27.8 Å². The van der Waals surface area contributed by atoms with Crippen molar-refractivity contribution in [3.63, 3.8) is 0 Å². The van der Waals surface area contributed by atoms with Crippen LogP contribution in [0.4, 0.5) is 0 Å². The van der Waals surface area contributed by atoms with Crippen LogP contribution >= 0.6 is 0 Å². The first-order chi connectivity index (χ1) is 15.9. The maximum atomic E-state index is 13.0. The molecule has 0 radical (unpaired) electrons. The third-order valence-corrected chi connectivity index (χ3v) is 7.31. The van der Waals surface area contributed by atoms with E-state index in [9.17, 15) is 13.2 Å². The zero-order chi connectivity index (χ0) is 23.4. The van der Waals surface area contributed by atoms with Crippen molar-refractivity contribution in [3.05, 3.63) is 71.4 Å². The number of nitriles is 1. The molecule has 1 saturated heterocycles. The summed E-state index contributed by atoms with van der Waals surface area (Å²) >= 11 is 0. The van der Waals surface area contributed by atoms with Crippen LogP contribution in [0.5, 0.6) is 0 Å². The zero-order valence-corrected chi connectivity index (χ0v) is 19.3. The van der Waals surface area contributed by atoms with E-state index in [1.165, 1.54) is 6.07 Å². The third-order valence-electron chi connectivity index (χ3n) is 5.84. The maximum absolute atomic E-state index is 13.0. The smallest absolute Gasteiger partial charge is 0.241 e. The number of carbonyl (C=O) groups is 1. The molecule has 170 valence electrons. The Morgan fingerprint density at radius 3 is 2.82 bits per heavy atom. The van der Waals surface area contributed by atoms with E-state index in [1.807, 2.05) is 18.2 Å². The highest BCUT2D eigenvalue weighted by molar-refractivity contribution is 7.89. The van der Waals surface area contributed by atoms with Crippen molar-refractivity contribution >= 4 is 26.8 Å². The minimum Gasteiger partial charge on any atom is -0.337 e. The van der Waals surface area contributed by atoms with Crippen LogP contribution in [0.25, 0.3) is 10.9 Å². The van der Waals surface area contributed by atoms with Gasteiger partial charge in [0.2, 0.25) is 15.9 Å². The highest BCUT2D eigenvalue weighted by atomic mass is 32.2. The molecule has 0 aliphatic carbocycles. The molecule has 1 aliphatic rings. The van der Waals surface area contributed by atoms with Gasteiger partial charge in [-0.05, 0) is 61.2 Å². The lowest BCUT2D eigenvalue weighted by atomic mass is 10.1. The Hall–Kier alpha value is -3.28. The SMILES string of the molecule is CCCCc1ccc2cc(S(=O)(=O)N[C@H]3CCN(Cc4cccc(C#N)c4)C3=O)ccc2n1. The molecule has 1 amide bonds. The van der Waals surface area contributed by atoms with Crippen molar-refractivity contribution in [1.82, 2.24) is 14.6 Å². The second-order valence-corrected chi connectivity index (χ2v) is 10.0. The minimum absolute atomic E-state index is 0.117. The van der Waals surface area contributed by atoms with Crippen LogP contribution in [0, 0.1) is 11.3 Å². The Balaban J connectivity index is 1.46. The average Bonchev–Trinajstić information content (AvgIpc) is 3.15. The van der Waals surface area contributed by atoms with Gasteiger partial charge in [-0.2, -0.15) is 9.98 Å². The zero-order valence-electron chi connectivity index (χ0n) is 18.5. The van der Waals surface area contributed by atoms with E-state index < -0.39 is 16.1 Å². The highest BCUT2D eigenvalue weighted by Crippen LogP contribution is 2.22. The molecule has 33 heavy (non-hydrogen) atoms. The molecule has 4 rings (SSSR count). The molecule has 3 aromatic rings. The summed E-state index contributed by atoms with van der Waals surface area (Å²) < 4.78 is 28.6. The van der Waals surface area contributed by atoms with Gasteiger partial charge in [-0.15, -0.1) is 0 Å². The topological polar surface area (TPSA) is 103 Å². The molecular formula is C25H26N4O3S. The molecule has 1 atom stereocenters. The molecule has 0 saturated carbocycles. The van der Waals surface area contributed by atoms with Gasteiger partial charge in [0.15, 0.2) is 0 Å². The second-order valence-electron chi connectivity index (χ2n) is 8.30. The Labute approximate surface area is 194 Å². The number of amides is 1. The molecule has 1 N–H and O–H groups in total. The van der Waals surface area contributed by atoms with Crippen molar-refractivity contribution in [1.29, 1.82) is 5.26 Å². The quantitative estimate of drug-likeness (QED) is 0.552. The van der Waals surface area contributed by atoms with Gasteiger partial charge >= 0.3 is 0 Å². The molecule has 0 bridgehead atoms. The van der Waals surface area contributed by atoms with Crippen LogP contribution in [0.1, 0.15) is 43.0 Å². The van der Waals surface area contributed by atoms with E-state index >= 15 is 0 Å². The van der Waals surface area contributed by atoms with Gasteiger partial charge in [-0.3, -0.25) is 9.78 Å². The summed E-state index contributed by atoms with van der Waals surface area (Å²) in [5, 5.41) is 9.80. The molecule has 7 nitrogen and oxygen atoms in total. The monoisotopic (exact) mass is 462 g/mol. The molecule has 1 fully saturated rings. The van der Waals surface area contributed by atoms with Gasteiger partial charge in [0.05, 0.1) is 22.0 Å². The van der Waals surface area contributed by atoms with Crippen molar-refractivity contribution in [2.75, 3.05) is 6.54 Å². The van der Waals surface area contributed by atoms with Crippen molar-refractivity contribution in [3.8, 4) is 6.07 Å². The lowest BCUT2D eigenvalue weighted by molar-refractivity contribution is -0.129. The van der Waals surface area contributed by atoms with Gasteiger partial charge < -0.3 is 4.90 Å². The van der Waals surface area contributed by atoms with E-state index in [0.29, 0.717) is 25.1 Å². The Morgan fingerprint density at radius 2 is 2.03 bits per heavy atom. The summed E-state index contributed by atoms with van der Waals surface area (Å²) in [6, 6.07) is 17.0. The van der Waals surface area contributed by atoms with E-state index in [1.54, 1.807) is 35.2 Å². The van der Waals surface area contributed by atoms with Gasteiger partial charge in [0, 0.05) is 24.2 Å². The van der Waals surface area contributed by atoms with E-state index in [0.717, 1.165) is 41.4 Å². The fourth-order valence-corrected chi connectivity index (χ4v) is 5.29. The van der Waals surface area contributed by atoms with Gasteiger partial charge in [0.25, 0.3) is 0 Å². The summed E-state index contributed by atoms with van der Waals surface area (Å²) in [5.41, 5.74) is 3.12. The summed E-state index contributed by atoms with van der Waals surface area (Å²) in [6.45, 7) is 2.92. The number of unbranched alkanes of at least 4 members (excludes halogenated alkanes) is 1. The fourth-order valence-electron chi connectivity index (χ4n) is 4.03. The number of fused-ring (bicyclic) bond motifs is 1. The first-order valence-electron chi connectivity index (χ1n) is 11.1. The minimum atomic E-state index is -3.87. The number of sulfonamides is 1. The van der Waals surface area contributed by atoms with Crippen LogP contribution in [-0.4, -0.2) is 36.8 Å². The van der Waals surface area contributed by atoms with Crippen molar-refractivity contribution in [2.45, 2.75) is 50.1 Å². The third kappa shape index (κ3) is 5.21. The Bertz CT molecular complexity index is 1330. The summed E-state index contributed by atoms with van der Waals surface area (Å²) in [7, 11) is -3.87. The Morgan fingerprint density at radius 1 is 1.18 bits per heavy atom. The molecule has 2 heterocycles. The average molecular weight is 463 g/mol. The number of nitrogens with zero attached hydrogens (tertiary/aromatic N) is 3. The van der Waals surface area contributed by atoms with E-state index in [4.69, 9.17) is 5.26 Å². The number of pyridine rings is 1. The van der Waals surface area contributed by atoms with Crippen LogP contribution in [0.15, 0.2) is 59.5 Å². The van der Waals surface area contributed by atoms with Gasteiger partial charge in [0.1, 0.15) is 6.04 Å². The highest BCUT2D eigenvalue weighted by Gasteiger charge is 2.35. The molecule has 2 aromatic carbocycles. The van der Waals surface area contributed by atoms with Crippen LogP contribution < -0.4 is 4.72 Å². The van der Waals surface area contributed by atoms with Crippen molar-refractivity contribution < 1.29 is 13.2 Å². The number of aryl methyl sites for hydroxylation is 1. The number of aromatic nitrogens is 1. The largest absolute Gasteiger partial charge is 0.337 e. The summed E-state index contributed by atoms with van der Waals surface area (Å²) in [6.07, 6.45) is 3.44.